The average molecular weight is 241 g/mol. The fourth-order valence-corrected chi connectivity index (χ4v) is 2.20. The van der Waals surface area contributed by atoms with Crippen molar-refractivity contribution >= 4 is 0 Å². The zero-order valence-electron chi connectivity index (χ0n) is 11.1. The summed E-state index contributed by atoms with van der Waals surface area (Å²) in [5.41, 5.74) is 8.64. The molecule has 3 heteroatoms. The Morgan fingerprint density at radius 2 is 1.78 bits per heavy atom. The van der Waals surface area contributed by atoms with Crippen molar-refractivity contribution in [1.29, 1.82) is 0 Å². The number of hydrazine groups is 1. The van der Waals surface area contributed by atoms with Crippen molar-refractivity contribution in [3.05, 3.63) is 64.5 Å². The van der Waals surface area contributed by atoms with Gasteiger partial charge in [0.15, 0.2) is 0 Å². The molecule has 3 nitrogen and oxygen atoms in total. The van der Waals surface area contributed by atoms with Crippen molar-refractivity contribution in [2.75, 3.05) is 0 Å². The molecule has 0 saturated carbocycles. The third-order valence-electron chi connectivity index (χ3n) is 3.14. The maximum absolute atomic E-state index is 5.70. The summed E-state index contributed by atoms with van der Waals surface area (Å²) in [6.07, 6.45) is 1.82. The van der Waals surface area contributed by atoms with Crippen LogP contribution in [0.1, 0.15) is 34.0 Å². The molecule has 2 rings (SSSR count). The second-order valence-corrected chi connectivity index (χ2v) is 4.72. The maximum Gasteiger partial charge on any atom is 0.0884 e. The van der Waals surface area contributed by atoms with Crippen LogP contribution in [0.3, 0.4) is 0 Å². The van der Waals surface area contributed by atoms with E-state index >= 15 is 0 Å². The van der Waals surface area contributed by atoms with Crippen LogP contribution in [0.25, 0.3) is 0 Å². The van der Waals surface area contributed by atoms with Crippen LogP contribution < -0.4 is 11.3 Å². The standard InChI is InChI=1S/C15H19N3/c1-10-4-5-13(12(3)8-10)15(18-16)14-9-11(2)6-7-17-14/h4-9,15,18H,16H2,1-3H3. The third kappa shape index (κ3) is 2.58. The quantitative estimate of drug-likeness (QED) is 0.641. The lowest BCUT2D eigenvalue weighted by Gasteiger charge is -2.18. The number of nitrogens with two attached hydrogens (primary N) is 1. The van der Waals surface area contributed by atoms with Crippen LogP contribution in [0.2, 0.25) is 0 Å². The average Bonchev–Trinajstić information content (AvgIpc) is 2.33. The number of hydrogen-bond donors (Lipinski definition) is 2. The molecule has 0 bridgehead atoms. The minimum Gasteiger partial charge on any atom is -0.271 e. The zero-order chi connectivity index (χ0) is 13.1. The van der Waals surface area contributed by atoms with E-state index in [0.29, 0.717) is 0 Å². The summed E-state index contributed by atoms with van der Waals surface area (Å²) in [4.78, 5) is 4.41. The summed E-state index contributed by atoms with van der Waals surface area (Å²) in [5, 5.41) is 0. The van der Waals surface area contributed by atoms with E-state index in [-0.39, 0.29) is 6.04 Å². The van der Waals surface area contributed by atoms with Crippen molar-refractivity contribution < 1.29 is 0 Å². The molecule has 1 atom stereocenters. The highest BCUT2D eigenvalue weighted by Gasteiger charge is 2.15. The molecule has 0 aliphatic rings. The van der Waals surface area contributed by atoms with Crippen LogP contribution in [0.4, 0.5) is 0 Å². The Morgan fingerprint density at radius 3 is 2.39 bits per heavy atom. The minimum absolute atomic E-state index is 0.0644. The molecule has 0 spiro atoms. The number of aromatic nitrogens is 1. The van der Waals surface area contributed by atoms with Crippen LogP contribution in [0.5, 0.6) is 0 Å². The number of nitrogens with one attached hydrogen (secondary N) is 1. The van der Waals surface area contributed by atoms with Gasteiger partial charge in [-0.1, -0.05) is 23.8 Å². The van der Waals surface area contributed by atoms with Crippen molar-refractivity contribution in [1.82, 2.24) is 10.4 Å². The fraction of sp³-hybridized carbons (Fsp3) is 0.267. The predicted molar refractivity (Wildman–Crippen MR) is 74.1 cm³/mol. The molecule has 0 aliphatic carbocycles. The zero-order valence-corrected chi connectivity index (χ0v) is 11.1. The Bertz CT molecular complexity index is 549. The van der Waals surface area contributed by atoms with Gasteiger partial charge in [0.25, 0.3) is 0 Å². The topological polar surface area (TPSA) is 50.9 Å². The van der Waals surface area contributed by atoms with Crippen molar-refractivity contribution in [3.8, 4) is 0 Å². The summed E-state index contributed by atoms with van der Waals surface area (Å²) < 4.78 is 0. The minimum atomic E-state index is -0.0644. The molecule has 0 aliphatic heterocycles. The van der Waals surface area contributed by atoms with E-state index in [4.69, 9.17) is 5.84 Å². The highest BCUT2D eigenvalue weighted by Crippen LogP contribution is 2.24. The van der Waals surface area contributed by atoms with Gasteiger partial charge in [-0.15, -0.1) is 0 Å². The van der Waals surface area contributed by atoms with E-state index < -0.39 is 0 Å². The Hall–Kier alpha value is -1.71. The van der Waals surface area contributed by atoms with Gasteiger partial charge in [-0.25, -0.2) is 5.43 Å². The summed E-state index contributed by atoms with van der Waals surface area (Å²) in [6, 6.07) is 10.4. The third-order valence-corrected chi connectivity index (χ3v) is 3.14. The fourth-order valence-electron chi connectivity index (χ4n) is 2.20. The normalized spacial score (nSPS) is 12.4. The van der Waals surface area contributed by atoms with Gasteiger partial charge in [0, 0.05) is 6.20 Å². The largest absolute Gasteiger partial charge is 0.271 e. The predicted octanol–water partition coefficient (Wildman–Crippen LogP) is 2.56. The lowest BCUT2D eigenvalue weighted by molar-refractivity contribution is 0.617. The van der Waals surface area contributed by atoms with Gasteiger partial charge in [0.05, 0.1) is 11.7 Å². The number of aryl methyl sites for hydroxylation is 3. The highest BCUT2D eigenvalue weighted by molar-refractivity contribution is 5.37. The van der Waals surface area contributed by atoms with Crippen molar-refractivity contribution in [2.24, 2.45) is 5.84 Å². The summed E-state index contributed by atoms with van der Waals surface area (Å²) in [7, 11) is 0. The van der Waals surface area contributed by atoms with Crippen LogP contribution in [0.15, 0.2) is 36.5 Å². The lowest BCUT2D eigenvalue weighted by Crippen LogP contribution is -2.30. The monoisotopic (exact) mass is 241 g/mol. The molecule has 2 aromatic rings. The molecule has 0 amide bonds. The molecule has 18 heavy (non-hydrogen) atoms. The lowest BCUT2D eigenvalue weighted by atomic mass is 9.96. The van der Waals surface area contributed by atoms with Gasteiger partial charge >= 0.3 is 0 Å². The Kier molecular flexibility index (Phi) is 3.75. The van der Waals surface area contributed by atoms with Gasteiger partial charge in [-0.2, -0.15) is 0 Å². The molecule has 1 heterocycles. The SMILES string of the molecule is Cc1ccnc(C(NN)c2ccc(C)cc2C)c1. The maximum atomic E-state index is 5.70. The van der Waals surface area contributed by atoms with E-state index in [9.17, 15) is 0 Å². The van der Waals surface area contributed by atoms with Crippen molar-refractivity contribution in [2.45, 2.75) is 26.8 Å². The first-order valence-corrected chi connectivity index (χ1v) is 6.07. The molecule has 1 aromatic heterocycles. The van der Waals surface area contributed by atoms with Crippen LogP contribution >= 0.6 is 0 Å². The van der Waals surface area contributed by atoms with Crippen LogP contribution in [-0.4, -0.2) is 4.98 Å². The van der Waals surface area contributed by atoms with Gasteiger partial charge in [-0.05, 0) is 49.6 Å². The smallest absolute Gasteiger partial charge is 0.0884 e. The molecule has 94 valence electrons. The van der Waals surface area contributed by atoms with Gasteiger partial charge in [0.2, 0.25) is 0 Å². The molecule has 0 saturated heterocycles. The van der Waals surface area contributed by atoms with Crippen LogP contribution in [-0.2, 0) is 0 Å². The molecule has 1 aromatic carbocycles. The molecular formula is C15H19N3. The Balaban J connectivity index is 2.45. The van der Waals surface area contributed by atoms with E-state index in [1.54, 1.807) is 0 Å². The van der Waals surface area contributed by atoms with Gasteiger partial charge in [0.1, 0.15) is 0 Å². The first-order valence-electron chi connectivity index (χ1n) is 6.07. The molecular weight excluding hydrogens is 222 g/mol. The Labute approximate surface area is 108 Å². The summed E-state index contributed by atoms with van der Waals surface area (Å²) >= 11 is 0. The number of rotatable bonds is 3. The summed E-state index contributed by atoms with van der Waals surface area (Å²) in [5.74, 6) is 5.70. The first kappa shape index (κ1) is 12.7. The van der Waals surface area contributed by atoms with Crippen molar-refractivity contribution in [3.63, 3.8) is 0 Å². The second-order valence-electron chi connectivity index (χ2n) is 4.72. The van der Waals surface area contributed by atoms with E-state index in [1.165, 1.54) is 22.3 Å². The first-order chi connectivity index (χ1) is 8.61. The number of benzene rings is 1. The number of pyridine rings is 1. The molecule has 3 N–H and O–H groups in total. The number of nitrogens with zero attached hydrogens (tertiary/aromatic N) is 1. The highest BCUT2D eigenvalue weighted by atomic mass is 15.2. The Morgan fingerprint density at radius 1 is 1.06 bits per heavy atom. The van der Waals surface area contributed by atoms with Gasteiger partial charge in [-0.3, -0.25) is 10.8 Å². The molecule has 0 fully saturated rings. The van der Waals surface area contributed by atoms with Crippen LogP contribution in [0, 0.1) is 20.8 Å². The van der Waals surface area contributed by atoms with E-state index in [0.717, 1.165) is 5.69 Å². The van der Waals surface area contributed by atoms with E-state index in [2.05, 4.69) is 55.4 Å². The molecule has 0 radical (unpaired) electrons. The number of hydrogen-bond acceptors (Lipinski definition) is 3. The molecule has 1 unspecified atom stereocenters. The van der Waals surface area contributed by atoms with E-state index in [1.807, 2.05) is 12.3 Å². The summed E-state index contributed by atoms with van der Waals surface area (Å²) in [6.45, 7) is 6.25. The van der Waals surface area contributed by atoms with Gasteiger partial charge < -0.3 is 0 Å². The second kappa shape index (κ2) is 5.29.